The Bertz CT molecular complexity index is 1140. The molecule has 1 amide bonds. The van der Waals surface area contributed by atoms with Crippen LogP contribution in [0.25, 0.3) is 0 Å². The zero-order valence-corrected chi connectivity index (χ0v) is 20.1. The molecule has 7 heteroatoms. The topological polar surface area (TPSA) is 77.0 Å². The van der Waals surface area contributed by atoms with Gasteiger partial charge in [-0.25, -0.2) is 10.2 Å². The molecule has 0 heterocycles. The number of hydrogen-bond donors (Lipinski definition) is 1. The Balaban J connectivity index is 1.65. The van der Waals surface area contributed by atoms with Gasteiger partial charge in [-0.2, -0.15) is 5.10 Å². The minimum absolute atomic E-state index is 0.330. The Morgan fingerprint density at radius 3 is 2.55 bits per heavy atom. The summed E-state index contributed by atoms with van der Waals surface area (Å²) < 4.78 is 11.9. The second kappa shape index (κ2) is 12.0. The van der Waals surface area contributed by atoms with Crippen molar-refractivity contribution in [2.45, 2.75) is 26.7 Å². The van der Waals surface area contributed by atoms with Gasteiger partial charge in [0.05, 0.1) is 18.4 Å². The number of benzene rings is 3. The molecule has 0 saturated heterocycles. The average Bonchev–Trinajstić information content (AvgIpc) is 2.81. The van der Waals surface area contributed by atoms with E-state index in [4.69, 9.17) is 9.47 Å². The number of ether oxygens (including phenoxy) is 2. The van der Waals surface area contributed by atoms with Gasteiger partial charge in [-0.1, -0.05) is 47.0 Å². The number of hydrazone groups is 1. The highest BCUT2D eigenvalue weighted by atomic mass is 79.9. The molecule has 0 fully saturated rings. The Kier molecular flexibility index (Phi) is 8.78. The number of amides is 1. The molecule has 3 aromatic rings. The fourth-order valence-electron chi connectivity index (χ4n) is 2.91. The number of carbonyl (C=O) groups excluding carboxylic acids is 2. The van der Waals surface area contributed by atoms with Gasteiger partial charge >= 0.3 is 5.97 Å². The lowest BCUT2D eigenvalue weighted by atomic mass is 10.1. The molecular weight excluding hydrogens is 484 g/mol. The van der Waals surface area contributed by atoms with Gasteiger partial charge in [-0.3, -0.25) is 4.79 Å². The molecule has 0 bridgehead atoms. The molecule has 3 rings (SSSR count). The summed E-state index contributed by atoms with van der Waals surface area (Å²) in [5, 5.41) is 4.03. The summed E-state index contributed by atoms with van der Waals surface area (Å²) >= 11 is 3.40. The first kappa shape index (κ1) is 24.2. The van der Waals surface area contributed by atoms with Crippen LogP contribution in [0.2, 0.25) is 0 Å². The van der Waals surface area contributed by atoms with Crippen LogP contribution in [0.3, 0.4) is 0 Å². The van der Waals surface area contributed by atoms with Gasteiger partial charge in [-0.15, -0.1) is 0 Å². The van der Waals surface area contributed by atoms with Gasteiger partial charge < -0.3 is 9.47 Å². The third kappa shape index (κ3) is 7.29. The van der Waals surface area contributed by atoms with Gasteiger partial charge in [0.1, 0.15) is 11.5 Å². The SMILES string of the molecule is CCCCOc1ccc(C(=O)N/N=C\c2cc(Br)ccc2OC(=O)c2cccc(C)c2)cc1. The van der Waals surface area contributed by atoms with Crippen molar-refractivity contribution in [3.05, 3.63) is 93.5 Å². The maximum absolute atomic E-state index is 12.5. The summed E-state index contributed by atoms with van der Waals surface area (Å²) in [6.45, 7) is 4.66. The molecule has 0 radical (unpaired) electrons. The van der Waals surface area contributed by atoms with Crippen LogP contribution in [0, 0.1) is 6.92 Å². The van der Waals surface area contributed by atoms with Crippen molar-refractivity contribution in [3.8, 4) is 11.5 Å². The van der Waals surface area contributed by atoms with Crippen LogP contribution in [0.4, 0.5) is 0 Å². The van der Waals surface area contributed by atoms with E-state index in [1.165, 1.54) is 6.21 Å². The number of carbonyl (C=O) groups is 2. The van der Waals surface area contributed by atoms with Gasteiger partial charge in [0.15, 0.2) is 0 Å². The van der Waals surface area contributed by atoms with E-state index in [1.807, 2.05) is 13.0 Å². The quantitative estimate of drug-likeness (QED) is 0.128. The molecule has 1 N–H and O–H groups in total. The lowest BCUT2D eigenvalue weighted by Crippen LogP contribution is -2.17. The first-order valence-electron chi connectivity index (χ1n) is 10.6. The Hall–Kier alpha value is -3.45. The van der Waals surface area contributed by atoms with Gasteiger partial charge in [0.2, 0.25) is 0 Å². The summed E-state index contributed by atoms with van der Waals surface area (Å²) in [4.78, 5) is 24.9. The van der Waals surface area contributed by atoms with Crippen molar-refractivity contribution >= 4 is 34.0 Å². The van der Waals surface area contributed by atoms with Gasteiger partial charge in [-0.05, 0) is 67.9 Å². The van der Waals surface area contributed by atoms with Crippen molar-refractivity contribution in [1.29, 1.82) is 0 Å². The molecule has 0 aliphatic rings. The minimum atomic E-state index is -0.471. The predicted molar refractivity (Wildman–Crippen MR) is 132 cm³/mol. The summed E-state index contributed by atoms with van der Waals surface area (Å²) in [7, 11) is 0. The van der Waals surface area contributed by atoms with Gasteiger partial charge in [0, 0.05) is 15.6 Å². The van der Waals surface area contributed by atoms with Crippen molar-refractivity contribution in [1.82, 2.24) is 5.43 Å². The van der Waals surface area contributed by atoms with E-state index in [0.717, 1.165) is 28.6 Å². The maximum Gasteiger partial charge on any atom is 0.343 e. The second-order valence-corrected chi connectivity index (χ2v) is 8.28. The third-order valence-corrected chi connectivity index (χ3v) is 5.17. The highest BCUT2D eigenvalue weighted by molar-refractivity contribution is 9.10. The maximum atomic E-state index is 12.5. The summed E-state index contributed by atoms with van der Waals surface area (Å²) in [5.74, 6) is 0.217. The van der Waals surface area contributed by atoms with Crippen molar-refractivity contribution in [3.63, 3.8) is 0 Å². The smallest absolute Gasteiger partial charge is 0.343 e. The molecule has 170 valence electrons. The average molecular weight is 509 g/mol. The van der Waals surface area contributed by atoms with Crippen LogP contribution in [0.15, 0.2) is 76.3 Å². The van der Waals surface area contributed by atoms with Crippen LogP contribution in [0.5, 0.6) is 11.5 Å². The van der Waals surface area contributed by atoms with Crippen LogP contribution in [0.1, 0.15) is 51.6 Å². The highest BCUT2D eigenvalue weighted by Crippen LogP contribution is 2.23. The van der Waals surface area contributed by atoms with Crippen molar-refractivity contribution in [2.24, 2.45) is 5.10 Å². The van der Waals surface area contributed by atoms with Crippen molar-refractivity contribution < 1.29 is 19.1 Å². The summed E-state index contributed by atoms with van der Waals surface area (Å²) in [6.07, 6.45) is 3.47. The molecule has 0 spiro atoms. The molecule has 0 aliphatic carbocycles. The van der Waals surface area contributed by atoms with Crippen LogP contribution in [-0.4, -0.2) is 24.7 Å². The molecule has 0 unspecified atom stereocenters. The van der Waals surface area contributed by atoms with Crippen LogP contribution >= 0.6 is 15.9 Å². The van der Waals surface area contributed by atoms with Crippen molar-refractivity contribution in [2.75, 3.05) is 6.61 Å². The number of esters is 1. The predicted octanol–water partition coefficient (Wildman–Crippen LogP) is 5.92. The number of hydrogen-bond acceptors (Lipinski definition) is 5. The molecule has 0 aromatic heterocycles. The lowest BCUT2D eigenvalue weighted by Gasteiger charge is -2.09. The fraction of sp³-hybridized carbons (Fsp3) is 0.192. The number of rotatable bonds is 9. The largest absolute Gasteiger partial charge is 0.494 e. The molecule has 0 aliphatic heterocycles. The van der Waals surface area contributed by atoms with E-state index < -0.39 is 5.97 Å². The zero-order valence-electron chi connectivity index (χ0n) is 18.5. The molecular formula is C26H25BrN2O4. The van der Waals surface area contributed by atoms with E-state index in [-0.39, 0.29) is 5.91 Å². The normalized spacial score (nSPS) is 10.8. The molecule has 3 aromatic carbocycles. The van der Waals surface area contributed by atoms with E-state index in [2.05, 4.69) is 33.4 Å². The first-order chi connectivity index (χ1) is 16.0. The number of nitrogens with zero attached hydrogens (tertiary/aromatic N) is 1. The van der Waals surface area contributed by atoms with Crippen LogP contribution in [-0.2, 0) is 0 Å². The third-order valence-electron chi connectivity index (χ3n) is 4.68. The monoisotopic (exact) mass is 508 g/mol. The lowest BCUT2D eigenvalue weighted by molar-refractivity contribution is 0.0734. The first-order valence-corrected chi connectivity index (χ1v) is 11.4. The van der Waals surface area contributed by atoms with Crippen LogP contribution < -0.4 is 14.9 Å². The number of unbranched alkanes of at least 4 members (excludes halogenated alkanes) is 1. The van der Waals surface area contributed by atoms with E-state index in [1.54, 1.807) is 60.7 Å². The Labute approximate surface area is 201 Å². The number of aryl methyl sites for hydroxylation is 1. The number of nitrogens with one attached hydrogen (secondary N) is 1. The molecule has 6 nitrogen and oxygen atoms in total. The van der Waals surface area contributed by atoms with E-state index in [9.17, 15) is 9.59 Å². The highest BCUT2D eigenvalue weighted by Gasteiger charge is 2.12. The second-order valence-electron chi connectivity index (χ2n) is 7.37. The standard InChI is InChI=1S/C26H25BrN2O4/c1-3-4-14-32-23-11-8-19(9-12-23)25(30)29-28-17-21-16-22(27)10-13-24(21)33-26(31)20-7-5-6-18(2)15-20/h5-13,15-17H,3-4,14H2,1-2H3,(H,29,30)/b28-17-. The Morgan fingerprint density at radius 1 is 1.03 bits per heavy atom. The number of halogens is 1. The minimum Gasteiger partial charge on any atom is -0.494 e. The summed E-state index contributed by atoms with van der Waals surface area (Å²) in [5.41, 5.74) is 4.90. The summed E-state index contributed by atoms with van der Waals surface area (Å²) in [6, 6.07) is 19.2. The van der Waals surface area contributed by atoms with E-state index >= 15 is 0 Å². The van der Waals surface area contributed by atoms with E-state index in [0.29, 0.717) is 29.0 Å². The molecule has 33 heavy (non-hydrogen) atoms. The Morgan fingerprint density at radius 2 is 1.82 bits per heavy atom. The molecule has 0 atom stereocenters. The van der Waals surface area contributed by atoms with Gasteiger partial charge in [0.25, 0.3) is 5.91 Å². The zero-order chi connectivity index (χ0) is 23.6. The fourth-order valence-corrected chi connectivity index (χ4v) is 3.28. The molecule has 0 saturated carbocycles.